The van der Waals surface area contributed by atoms with Gasteiger partial charge in [0.15, 0.2) is 11.6 Å². The van der Waals surface area contributed by atoms with Crippen molar-refractivity contribution in [1.82, 2.24) is 10.3 Å². The summed E-state index contributed by atoms with van der Waals surface area (Å²) in [6.07, 6.45) is 0. The zero-order chi connectivity index (χ0) is 24.9. The molecule has 0 aliphatic carbocycles. The smallest absolute Gasteiger partial charge is 0.263 e. The quantitative estimate of drug-likeness (QED) is 0.184. The molecule has 0 atom stereocenters. The van der Waals surface area contributed by atoms with Crippen LogP contribution < -0.4 is 20.9 Å². The van der Waals surface area contributed by atoms with Gasteiger partial charge in [-0.3, -0.25) is 9.44 Å². The zero-order valence-corrected chi connectivity index (χ0v) is 24.5. The molecule has 0 amide bonds. The molecule has 4 rings (SSSR count). The van der Waals surface area contributed by atoms with Crippen LogP contribution in [0.1, 0.15) is 11.5 Å². The van der Waals surface area contributed by atoms with Gasteiger partial charge in [0.1, 0.15) is 11.5 Å². The molecule has 6 N–H and O–H groups in total. The summed E-state index contributed by atoms with van der Waals surface area (Å²) in [4.78, 5) is 0.236. The van der Waals surface area contributed by atoms with Gasteiger partial charge in [-0.15, -0.1) is 0 Å². The first-order valence-electron chi connectivity index (χ1n) is 9.58. The first-order chi connectivity index (χ1) is 15.9. The van der Waals surface area contributed by atoms with E-state index in [4.69, 9.17) is 20.5 Å². The maximum atomic E-state index is 11.9. The molecule has 0 aliphatic heterocycles. The van der Waals surface area contributed by atoms with Crippen LogP contribution in [0.3, 0.4) is 0 Å². The van der Waals surface area contributed by atoms with E-state index < -0.39 is 20.0 Å². The van der Waals surface area contributed by atoms with Crippen LogP contribution in [-0.4, -0.2) is 27.1 Å². The Hall–Kier alpha value is -3.12. The van der Waals surface area contributed by atoms with E-state index in [0.29, 0.717) is 22.9 Å². The van der Waals surface area contributed by atoms with Gasteiger partial charge in [0.25, 0.3) is 20.0 Å². The molecule has 0 fully saturated rings. The van der Waals surface area contributed by atoms with Crippen molar-refractivity contribution in [3.63, 3.8) is 0 Å². The summed E-state index contributed by atoms with van der Waals surface area (Å²) in [6, 6.07) is 14.7. The van der Waals surface area contributed by atoms with E-state index in [2.05, 4.69) is 19.8 Å². The number of aryl methyl sites for hydroxylation is 2. The Morgan fingerprint density at radius 2 is 0.971 bits per heavy atom. The number of nitrogen functional groups attached to an aromatic ring is 2. The Labute approximate surface area is 222 Å². The van der Waals surface area contributed by atoms with Gasteiger partial charge < -0.3 is 20.5 Å². The first kappa shape index (κ1) is 28.1. The van der Waals surface area contributed by atoms with Crippen molar-refractivity contribution in [1.29, 1.82) is 0 Å². The van der Waals surface area contributed by atoms with Crippen molar-refractivity contribution >= 4 is 43.1 Å². The fourth-order valence-corrected chi connectivity index (χ4v) is 4.48. The van der Waals surface area contributed by atoms with Crippen LogP contribution in [0, 0.1) is 13.8 Å². The second kappa shape index (κ2) is 11.5. The molecule has 0 saturated heterocycles. The van der Waals surface area contributed by atoms with Gasteiger partial charge >= 0.3 is 0 Å². The average molecular weight is 619 g/mol. The van der Waals surface area contributed by atoms with E-state index in [1.807, 2.05) is 0 Å². The predicted molar refractivity (Wildman–Crippen MR) is 126 cm³/mol. The third kappa shape index (κ3) is 7.96. The van der Waals surface area contributed by atoms with Gasteiger partial charge in [-0.2, -0.15) is 0 Å². The SMILES string of the molecule is Cc1cc(NS(=O)(=O)c2ccc(N)cc2)no1.Cc1cc(NS(=O)(=O)c2ccc(N)cc2)no1.[Cd]. The van der Waals surface area contributed by atoms with Gasteiger partial charge in [0.2, 0.25) is 0 Å². The summed E-state index contributed by atoms with van der Waals surface area (Å²) in [6.45, 7) is 3.35. The van der Waals surface area contributed by atoms with Crippen LogP contribution in [0.4, 0.5) is 23.0 Å². The minimum atomic E-state index is -3.64. The molecular weight excluding hydrogens is 597 g/mol. The normalized spacial score (nSPS) is 11.0. The number of hydrogen-bond donors (Lipinski definition) is 4. The number of nitrogens with zero attached hydrogens (tertiary/aromatic N) is 2. The Bertz CT molecular complexity index is 1350. The van der Waals surface area contributed by atoms with E-state index in [-0.39, 0.29) is 48.7 Å². The summed E-state index contributed by atoms with van der Waals surface area (Å²) in [7, 11) is -7.29. The number of nitrogens with one attached hydrogen (secondary N) is 2. The van der Waals surface area contributed by atoms with Crippen LogP contribution in [-0.2, 0) is 47.3 Å². The molecule has 12 nitrogen and oxygen atoms in total. The third-order valence-corrected chi connectivity index (χ3v) is 6.86. The molecule has 2 heterocycles. The van der Waals surface area contributed by atoms with E-state index in [0.717, 1.165) is 0 Å². The molecule has 0 radical (unpaired) electrons. The molecule has 0 aliphatic rings. The summed E-state index contributed by atoms with van der Waals surface area (Å²) in [5.74, 6) is 1.36. The minimum Gasteiger partial charge on any atom is -0.399 e. The minimum absolute atomic E-state index is 0. The van der Waals surface area contributed by atoms with E-state index in [9.17, 15) is 16.8 Å². The molecule has 2 aromatic carbocycles. The van der Waals surface area contributed by atoms with Crippen LogP contribution in [0.5, 0.6) is 0 Å². The number of anilines is 4. The molecule has 4 aromatic rings. The number of rotatable bonds is 6. The maximum Gasteiger partial charge on any atom is 0.263 e. The molecule has 35 heavy (non-hydrogen) atoms. The summed E-state index contributed by atoms with van der Waals surface area (Å²) in [5.41, 5.74) is 12.0. The Morgan fingerprint density at radius 1 is 0.657 bits per heavy atom. The van der Waals surface area contributed by atoms with E-state index >= 15 is 0 Å². The Balaban J connectivity index is 0.000000240. The first-order valence-corrected chi connectivity index (χ1v) is 12.5. The molecule has 0 unspecified atom stereocenters. The summed E-state index contributed by atoms with van der Waals surface area (Å²) >= 11 is 0. The van der Waals surface area contributed by atoms with E-state index in [1.165, 1.54) is 60.7 Å². The van der Waals surface area contributed by atoms with Gasteiger partial charge in [-0.05, 0) is 62.4 Å². The van der Waals surface area contributed by atoms with Crippen molar-refractivity contribution in [3.05, 3.63) is 72.2 Å². The number of aromatic nitrogens is 2. The van der Waals surface area contributed by atoms with Crippen molar-refractivity contribution in [3.8, 4) is 0 Å². The van der Waals surface area contributed by atoms with Crippen molar-refractivity contribution < 1.29 is 53.2 Å². The molecular formula is C20H22CdN6O6S2. The Morgan fingerprint density at radius 3 is 1.23 bits per heavy atom. The zero-order valence-electron chi connectivity index (χ0n) is 18.8. The van der Waals surface area contributed by atoms with Gasteiger partial charge in [0, 0.05) is 50.8 Å². The maximum absolute atomic E-state index is 11.9. The average Bonchev–Trinajstić information content (AvgIpc) is 3.35. The number of hydrogen-bond acceptors (Lipinski definition) is 10. The van der Waals surface area contributed by atoms with Gasteiger partial charge in [0.05, 0.1) is 9.79 Å². The van der Waals surface area contributed by atoms with Gasteiger partial charge in [-0.1, -0.05) is 10.3 Å². The second-order valence-electron chi connectivity index (χ2n) is 6.99. The molecule has 2 aromatic heterocycles. The van der Waals surface area contributed by atoms with Crippen molar-refractivity contribution in [2.75, 3.05) is 20.9 Å². The summed E-state index contributed by atoms with van der Waals surface area (Å²) in [5, 5.41) is 7.11. The monoisotopic (exact) mass is 620 g/mol. The third-order valence-electron chi connectivity index (χ3n) is 4.11. The number of benzene rings is 2. The standard InChI is InChI=1S/2C10H11N3O3S.Cd/c2*1-7-6-10(12-16-7)13-17(14,15)9-4-2-8(11)3-5-9;/h2*2-6H,11H2,1H3,(H,12,13);. The van der Waals surface area contributed by atoms with Crippen molar-refractivity contribution in [2.24, 2.45) is 0 Å². The van der Waals surface area contributed by atoms with Crippen LogP contribution in [0.25, 0.3) is 0 Å². The van der Waals surface area contributed by atoms with Gasteiger partial charge in [-0.25, -0.2) is 16.8 Å². The molecule has 0 saturated carbocycles. The molecule has 0 bridgehead atoms. The van der Waals surface area contributed by atoms with Crippen LogP contribution in [0.2, 0.25) is 0 Å². The molecule has 15 heteroatoms. The van der Waals surface area contributed by atoms with Crippen LogP contribution >= 0.6 is 0 Å². The van der Waals surface area contributed by atoms with E-state index in [1.54, 1.807) is 13.8 Å². The predicted octanol–water partition coefficient (Wildman–Crippen LogP) is 2.73. The van der Waals surface area contributed by atoms with Crippen molar-refractivity contribution in [2.45, 2.75) is 23.6 Å². The second-order valence-corrected chi connectivity index (χ2v) is 10.4. The fraction of sp³-hybridized carbons (Fsp3) is 0.100. The van der Waals surface area contributed by atoms with Crippen LogP contribution in [0.15, 0.2) is 79.5 Å². The number of sulfonamides is 2. The topological polar surface area (TPSA) is 196 Å². The summed E-state index contributed by atoms with van der Waals surface area (Å²) < 4.78 is 61.7. The molecule has 182 valence electrons. The number of nitrogens with two attached hydrogens (primary N) is 2. The Kier molecular flexibility index (Phi) is 9.27. The molecule has 0 spiro atoms. The fourth-order valence-electron chi connectivity index (χ4n) is 2.52. The largest absolute Gasteiger partial charge is 0.399 e.